The van der Waals surface area contributed by atoms with Crippen molar-refractivity contribution in [1.29, 1.82) is 0 Å². The van der Waals surface area contributed by atoms with Crippen LogP contribution in [-0.4, -0.2) is 31.4 Å². The van der Waals surface area contributed by atoms with E-state index in [2.05, 4.69) is 10.3 Å². The number of alkyl halides is 3. The maximum absolute atomic E-state index is 12.8. The van der Waals surface area contributed by atoms with E-state index in [9.17, 15) is 21.6 Å². The first kappa shape index (κ1) is 16.7. The summed E-state index contributed by atoms with van der Waals surface area (Å²) < 4.78 is 63.7. The molecule has 0 aromatic carbocycles. The van der Waals surface area contributed by atoms with Crippen molar-refractivity contribution in [3.8, 4) is 0 Å². The molecule has 1 aliphatic carbocycles. The molecule has 1 aromatic heterocycles. The Morgan fingerprint density at radius 1 is 1.30 bits per heavy atom. The molecule has 128 valence electrons. The van der Waals surface area contributed by atoms with Gasteiger partial charge >= 0.3 is 6.18 Å². The molecule has 1 aromatic rings. The normalized spacial score (nSPS) is 31.3. The Balaban J connectivity index is 1.94. The third-order valence-electron chi connectivity index (χ3n) is 4.72. The van der Waals surface area contributed by atoms with Crippen molar-refractivity contribution in [2.24, 2.45) is 17.6 Å². The standard InChI is InChI=1S/C14H18F3N3O2S/c1-7-11(2-3-12(20-7)14(15,16)17)23(21,22)13-10-5-9(18)4-8(10)6-19-13/h2-3,8-10,13,19H,4-6,18H2,1H3. The van der Waals surface area contributed by atoms with Crippen LogP contribution in [-0.2, 0) is 16.0 Å². The van der Waals surface area contributed by atoms with Crippen LogP contribution in [0, 0.1) is 18.8 Å². The van der Waals surface area contributed by atoms with Crippen molar-refractivity contribution in [1.82, 2.24) is 10.3 Å². The summed E-state index contributed by atoms with van der Waals surface area (Å²) in [5.74, 6) is 0.101. The van der Waals surface area contributed by atoms with Crippen LogP contribution in [0.25, 0.3) is 0 Å². The number of sulfone groups is 1. The Morgan fingerprint density at radius 3 is 2.61 bits per heavy atom. The zero-order valence-corrected chi connectivity index (χ0v) is 13.3. The number of halogens is 3. The van der Waals surface area contributed by atoms with Gasteiger partial charge in [0.1, 0.15) is 11.1 Å². The van der Waals surface area contributed by atoms with Crippen LogP contribution in [0.4, 0.5) is 13.2 Å². The van der Waals surface area contributed by atoms with E-state index in [1.165, 1.54) is 6.92 Å². The van der Waals surface area contributed by atoms with Crippen LogP contribution in [0.3, 0.4) is 0 Å². The van der Waals surface area contributed by atoms with E-state index in [0.29, 0.717) is 19.0 Å². The van der Waals surface area contributed by atoms with Gasteiger partial charge in [0.15, 0.2) is 9.84 Å². The molecule has 2 fully saturated rings. The number of pyridine rings is 1. The van der Waals surface area contributed by atoms with Gasteiger partial charge in [0.25, 0.3) is 0 Å². The SMILES string of the molecule is Cc1nc(C(F)(F)F)ccc1S(=O)(=O)C1NCC2CC(N)CC21. The van der Waals surface area contributed by atoms with Crippen LogP contribution in [0.2, 0.25) is 0 Å². The topological polar surface area (TPSA) is 85.1 Å². The highest BCUT2D eigenvalue weighted by Gasteiger charge is 2.48. The third-order valence-corrected chi connectivity index (χ3v) is 6.95. The molecule has 1 saturated carbocycles. The second kappa shape index (κ2) is 5.42. The maximum Gasteiger partial charge on any atom is 0.433 e. The summed E-state index contributed by atoms with van der Waals surface area (Å²) in [5, 5.41) is 2.19. The number of hydrogen-bond acceptors (Lipinski definition) is 5. The minimum absolute atomic E-state index is 0.0170. The highest BCUT2D eigenvalue weighted by molar-refractivity contribution is 7.92. The Morgan fingerprint density at radius 2 is 2.00 bits per heavy atom. The van der Waals surface area contributed by atoms with Crippen LogP contribution in [0.15, 0.2) is 17.0 Å². The number of nitrogens with two attached hydrogens (primary N) is 1. The van der Waals surface area contributed by atoms with E-state index in [4.69, 9.17) is 5.73 Å². The van der Waals surface area contributed by atoms with Crippen LogP contribution in [0.5, 0.6) is 0 Å². The average Bonchev–Trinajstić information content (AvgIpc) is 2.95. The Labute approximate surface area is 132 Å². The van der Waals surface area contributed by atoms with E-state index < -0.39 is 27.1 Å². The summed E-state index contributed by atoms with van der Waals surface area (Å²) in [6.45, 7) is 1.85. The minimum Gasteiger partial charge on any atom is -0.328 e. The maximum atomic E-state index is 12.8. The Bertz CT molecular complexity index is 720. The average molecular weight is 349 g/mol. The number of nitrogens with zero attached hydrogens (tertiary/aromatic N) is 1. The number of nitrogens with one attached hydrogen (secondary N) is 1. The van der Waals surface area contributed by atoms with Gasteiger partial charge in [-0.1, -0.05) is 0 Å². The predicted molar refractivity (Wildman–Crippen MR) is 77.1 cm³/mol. The molecule has 4 atom stereocenters. The molecule has 2 heterocycles. The highest BCUT2D eigenvalue weighted by atomic mass is 32.2. The number of aryl methyl sites for hydroxylation is 1. The van der Waals surface area contributed by atoms with Gasteiger partial charge in [0.2, 0.25) is 0 Å². The predicted octanol–water partition coefficient (Wildman–Crippen LogP) is 1.47. The molecule has 23 heavy (non-hydrogen) atoms. The molecule has 0 bridgehead atoms. The molecular formula is C14H18F3N3O2S. The lowest BCUT2D eigenvalue weighted by Crippen LogP contribution is -2.37. The summed E-state index contributed by atoms with van der Waals surface area (Å²) in [7, 11) is -3.81. The van der Waals surface area contributed by atoms with Gasteiger partial charge in [-0.25, -0.2) is 13.4 Å². The first-order valence-electron chi connectivity index (χ1n) is 7.38. The second-order valence-corrected chi connectivity index (χ2v) is 8.34. The van der Waals surface area contributed by atoms with Crippen molar-refractivity contribution in [2.75, 3.05) is 6.54 Å². The molecule has 5 nitrogen and oxygen atoms in total. The molecule has 2 aliphatic rings. The quantitative estimate of drug-likeness (QED) is 0.844. The van der Waals surface area contributed by atoms with Crippen molar-refractivity contribution in [3.63, 3.8) is 0 Å². The number of rotatable bonds is 2. The van der Waals surface area contributed by atoms with Crippen molar-refractivity contribution in [3.05, 3.63) is 23.5 Å². The molecular weight excluding hydrogens is 331 g/mol. The lowest BCUT2D eigenvalue weighted by molar-refractivity contribution is -0.141. The van der Waals surface area contributed by atoms with Gasteiger partial charge in [-0.15, -0.1) is 0 Å². The molecule has 9 heteroatoms. The molecule has 0 radical (unpaired) electrons. The number of aromatic nitrogens is 1. The van der Waals surface area contributed by atoms with Gasteiger partial charge in [-0.2, -0.15) is 13.2 Å². The van der Waals surface area contributed by atoms with E-state index in [1.54, 1.807) is 0 Å². The van der Waals surface area contributed by atoms with E-state index in [-0.39, 0.29) is 28.5 Å². The molecule has 1 saturated heterocycles. The molecule has 3 N–H and O–H groups in total. The van der Waals surface area contributed by atoms with Crippen LogP contribution >= 0.6 is 0 Å². The van der Waals surface area contributed by atoms with Crippen molar-refractivity contribution >= 4 is 9.84 Å². The lowest BCUT2D eigenvalue weighted by atomic mass is 10.0. The van der Waals surface area contributed by atoms with Gasteiger partial charge in [0.05, 0.1) is 10.6 Å². The largest absolute Gasteiger partial charge is 0.433 e. The zero-order valence-electron chi connectivity index (χ0n) is 12.5. The molecule has 0 amide bonds. The fourth-order valence-corrected chi connectivity index (χ4v) is 5.81. The second-order valence-electron chi connectivity index (χ2n) is 6.31. The monoisotopic (exact) mass is 349 g/mol. The highest BCUT2D eigenvalue weighted by Crippen LogP contribution is 2.41. The first-order valence-corrected chi connectivity index (χ1v) is 8.93. The van der Waals surface area contributed by atoms with Gasteiger partial charge < -0.3 is 11.1 Å². The smallest absolute Gasteiger partial charge is 0.328 e. The molecule has 4 unspecified atom stereocenters. The summed E-state index contributed by atoms with van der Waals surface area (Å²) in [5.41, 5.74) is 4.69. The minimum atomic E-state index is -4.60. The zero-order chi connectivity index (χ0) is 17.0. The van der Waals surface area contributed by atoms with Crippen LogP contribution < -0.4 is 11.1 Å². The van der Waals surface area contributed by atoms with E-state index in [0.717, 1.165) is 12.5 Å². The third kappa shape index (κ3) is 2.85. The summed E-state index contributed by atoms with van der Waals surface area (Å²) >= 11 is 0. The fraction of sp³-hybridized carbons (Fsp3) is 0.643. The lowest BCUT2D eigenvalue weighted by Gasteiger charge is -2.20. The summed E-state index contributed by atoms with van der Waals surface area (Å²) in [6.07, 6.45) is -3.22. The van der Waals surface area contributed by atoms with E-state index in [1.807, 2.05) is 0 Å². The molecule has 1 aliphatic heterocycles. The molecule has 0 spiro atoms. The van der Waals surface area contributed by atoms with Crippen molar-refractivity contribution in [2.45, 2.75) is 42.3 Å². The number of fused-ring (bicyclic) bond motifs is 1. The van der Waals surface area contributed by atoms with Crippen molar-refractivity contribution < 1.29 is 21.6 Å². The van der Waals surface area contributed by atoms with Crippen LogP contribution in [0.1, 0.15) is 24.2 Å². The fourth-order valence-electron chi connectivity index (χ4n) is 3.71. The molecule has 3 rings (SSSR count). The van der Waals surface area contributed by atoms with Gasteiger partial charge in [-0.05, 0) is 50.3 Å². The number of hydrogen-bond donors (Lipinski definition) is 2. The van der Waals surface area contributed by atoms with E-state index >= 15 is 0 Å². The summed E-state index contributed by atoms with van der Waals surface area (Å²) in [4.78, 5) is 3.28. The van der Waals surface area contributed by atoms with Gasteiger partial charge in [0, 0.05) is 6.04 Å². The Kier molecular flexibility index (Phi) is 3.93. The first-order chi connectivity index (χ1) is 10.6. The summed E-state index contributed by atoms with van der Waals surface area (Å²) in [6, 6.07) is 1.70. The Hall–Kier alpha value is -1.19. The van der Waals surface area contributed by atoms with Gasteiger partial charge in [-0.3, -0.25) is 0 Å².